The quantitative estimate of drug-likeness (QED) is 0.759. The maximum atomic E-state index is 11.9. The van der Waals surface area contributed by atoms with Gasteiger partial charge in [0.1, 0.15) is 5.94 Å². The van der Waals surface area contributed by atoms with E-state index < -0.39 is 31.0 Å². The Kier molecular flexibility index (Phi) is 6.19. The van der Waals surface area contributed by atoms with Crippen molar-refractivity contribution in [1.82, 2.24) is 15.5 Å². The molecule has 1 saturated heterocycles. The lowest BCUT2D eigenvalue weighted by molar-refractivity contribution is -0.146. The summed E-state index contributed by atoms with van der Waals surface area (Å²) in [5.74, 6) is -1.88. The minimum absolute atomic E-state index is 0.0335. The molecule has 0 aromatic heterocycles. The molecule has 0 bridgehead atoms. The summed E-state index contributed by atoms with van der Waals surface area (Å²) in [6.07, 6.45) is 0. The lowest BCUT2D eigenvalue weighted by Crippen LogP contribution is -2.51. The van der Waals surface area contributed by atoms with Crippen LogP contribution in [0.5, 0.6) is 0 Å². The van der Waals surface area contributed by atoms with E-state index in [1.165, 1.54) is 4.90 Å². The largest absolute Gasteiger partial charge is 0.627 e. The lowest BCUT2D eigenvalue weighted by atomic mass is 9.73. The van der Waals surface area contributed by atoms with Gasteiger partial charge in [-0.1, -0.05) is 30.3 Å². The van der Waals surface area contributed by atoms with Crippen LogP contribution in [0.1, 0.15) is 18.4 Å². The van der Waals surface area contributed by atoms with Crippen molar-refractivity contribution in [3.63, 3.8) is 0 Å². The number of rotatable bonds is 4. The average molecular weight is 333 g/mol. The Morgan fingerprint density at radius 3 is 2.33 bits per heavy atom. The lowest BCUT2D eigenvalue weighted by Gasteiger charge is -2.27. The van der Waals surface area contributed by atoms with Crippen LogP contribution in [0, 0.1) is 0 Å². The van der Waals surface area contributed by atoms with Crippen LogP contribution in [-0.4, -0.2) is 56.7 Å². The molecule has 24 heavy (non-hydrogen) atoms. The Labute approximate surface area is 140 Å². The minimum atomic E-state index is -1.23. The molecule has 1 aliphatic heterocycles. The second-order valence-corrected chi connectivity index (χ2v) is 5.41. The van der Waals surface area contributed by atoms with Crippen LogP contribution in [0.15, 0.2) is 30.3 Å². The van der Waals surface area contributed by atoms with Crippen LogP contribution in [0.3, 0.4) is 0 Å². The highest BCUT2D eigenvalue weighted by molar-refractivity contribution is 6.51. The number of carbonyl (C=O) groups excluding carboxylic acids is 3. The molecule has 0 aliphatic carbocycles. The highest BCUT2D eigenvalue weighted by atomic mass is 16.6. The number of nitrogens with zero attached hydrogens (tertiary/aromatic N) is 1. The van der Waals surface area contributed by atoms with Gasteiger partial charge in [-0.05, 0) is 19.5 Å². The van der Waals surface area contributed by atoms with E-state index in [1.54, 1.807) is 38.2 Å². The zero-order valence-electron chi connectivity index (χ0n) is 13.7. The summed E-state index contributed by atoms with van der Waals surface area (Å²) < 4.78 is 10.5. The van der Waals surface area contributed by atoms with Crippen LogP contribution in [-0.2, 0) is 18.9 Å². The van der Waals surface area contributed by atoms with Crippen molar-refractivity contribution in [3.05, 3.63) is 35.9 Å². The van der Waals surface area contributed by atoms with Crippen molar-refractivity contribution in [2.24, 2.45) is 0 Å². The van der Waals surface area contributed by atoms with Crippen LogP contribution < -0.4 is 10.6 Å². The number of hydrogen-bond donors (Lipinski definition) is 2. The number of carbonyl (C=O) groups is 3. The van der Waals surface area contributed by atoms with E-state index in [9.17, 15) is 14.4 Å². The molecule has 2 rings (SSSR count). The fourth-order valence-corrected chi connectivity index (χ4v) is 2.31. The van der Waals surface area contributed by atoms with Gasteiger partial charge < -0.3 is 19.9 Å². The minimum Gasteiger partial charge on any atom is -0.497 e. The maximum absolute atomic E-state index is 11.9. The molecule has 1 atom stereocenters. The highest BCUT2D eigenvalue weighted by Gasteiger charge is 2.41. The standard InChI is InChI=1S/C15H20BN3O5/c1-3-17-15(22)18-14(11-7-5-4-6-8-11)16-23-12(20)9-19(2)10-13(21)24-16/h4-8,14H,3,9-10H2,1-2H3,(H2,17,18,22). The molecule has 1 aromatic carbocycles. The summed E-state index contributed by atoms with van der Waals surface area (Å²) in [5.41, 5.74) is 0.656. The molecule has 0 radical (unpaired) electrons. The maximum Gasteiger partial charge on any atom is 0.627 e. The smallest absolute Gasteiger partial charge is 0.497 e. The molecule has 128 valence electrons. The second kappa shape index (κ2) is 8.35. The number of hydrogen-bond acceptors (Lipinski definition) is 6. The first-order chi connectivity index (χ1) is 11.5. The van der Waals surface area contributed by atoms with Crippen LogP contribution in [0.2, 0.25) is 0 Å². The van der Waals surface area contributed by atoms with Gasteiger partial charge >= 0.3 is 25.1 Å². The topological polar surface area (TPSA) is 97.0 Å². The molecule has 0 saturated carbocycles. The predicted molar refractivity (Wildman–Crippen MR) is 86.8 cm³/mol. The molecule has 1 aromatic rings. The third-order valence-electron chi connectivity index (χ3n) is 3.35. The Morgan fingerprint density at radius 2 is 1.79 bits per heavy atom. The van der Waals surface area contributed by atoms with Crippen LogP contribution in [0.4, 0.5) is 4.79 Å². The molecular weight excluding hydrogens is 313 g/mol. The fraction of sp³-hybridized carbons (Fsp3) is 0.400. The summed E-state index contributed by atoms with van der Waals surface area (Å²) >= 11 is 0. The summed E-state index contributed by atoms with van der Waals surface area (Å²) in [6.45, 7) is 2.15. The number of likely N-dealkylation sites (N-methyl/N-ethyl adjacent to an activating group) is 1. The molecule has 9 heteroatoms. The zero-order valence-corrected chi connectivity index (χ0v) is 13.7. The molecular formula is C15H20BN3O5. The van der Waals surface area contributed by atoms with Gasteiger partial charge in [-0.2, -0.15) is 0 Å². The molecule has 2 N–H and O–H groups in total. The third-order valence-corrected chi connectivity index (χ3v) is 3.35. The van der Waals surface area contributed by atoms with Gasteiger partial charge in [-0.25, -0.2) is 4.79 Å². The van der Waals surface area contributed by atoms with Gasteiger partial charge in [0.2, 0.25) is 0 Å². The van der Waals surface area contributed by atoms with E-state index in [1.807, 2.05) is 6.07 Å². The molecule has 2 amide bonds. The number of urea groups is 1. The van der Waals surface area contributed by atoms with Crippen molar-refractivity contribution in [1.29, 1.82) is 0 Å². The summed E-state index contributed by atoms with van der Waals surface area (Å²) in [7, 11) is 0.383. The highest BCUT2D eigenvalue weighted by Crippen LogP contribution is 2.19. The van der Waals surface area contributed by atoms with Gasteiger partial charge in [-0.15, -0.1) is 0 Å². The summed E-state index contributed by atoms with van der Waals surface area (Å²) in [5, 5.41) is 5.29. The van der Waals surface area contributed by atoms with E-state index in [2.05, 4.69) is 10.6 Å². The van der Waals surface area contributed by atoms with Gasteiger partial charge in [0.15, 0.2) is 0 Å². The second-order valence-electron chi connectivity index (χ2n) is 5.41. The number of amides is 2. The first-order valence-electron chi connectivity index (χ1n) is 7.66. The van der Waals surface area contributed by atoms with Crippen molar-refractivity contribution >= 4 is 25.1 Å². The molecule has 1 aliphatic rings. The van der Waals surface area contributed by atoms with E-state index in [0.29, 0.717) is 12.1 Å². The van der Waals surface area contributed by atoms with Gasteiger partial charge in [0.25, 0.3) is 0 Å². The van der Waals surface area contributed by atoms with Crippen molar-refractivity contribution in [3.8, 4) is 0 Å². The first kappa shape index (κ1) is 17.8. The molecule has 1 unspecified atom stereocenters. The van der Waals surface area contributed by atoms with Gasteiger partial charge in [0, 0.05) is 6.54 Å². The SMILES string of the molecule is CCNC(=O)NC(B1OC(=O)CN(C)CC(=O)O1)c1ccccc1. The normalized spacial score (nSPS) is 17.2. The van der Waals surface area contributed by atoms with Crippen molar-refractivity contribution in [2.45, 2.75) is 12.9 Å². The van der Waals surface area contributed by atoms with Crippen LogP contribution >= 0.6 is 0 Å². The zero-order chi connectivity index (χ0) is 17.5. The molecule has 1 heterocycles. The van der Waals surface area contributed by atoms with Gasteiger partial charge in [0.05, 0.1) is 13.1 Å². The first-order valence-corrected chi connectivity index (χ1v) is 7.66. The van der Waals surface area contributed by atoms with Gasteiger partial charge in [-0.3, -0.25) is 14.5 Å². The van der Waals surface area contributed by atoms with Crippen molar-refractivity contribution in [2.75, 3.05) is 26.7 Å². The van der Waals surface area contributed by atoms with Crippen LogP contribution in [0.25, 0.3) is 0 Å². The van der Waals surface area contributed by atoms with E-state index in [0.717, 1.165) is 0 Å². The molecule has 0 spiro atoms. The Balaban J connectivity index is 2.25. The van der Waals surface area contributed by atoms with E-state index in [4.69, 9.17) is 9.31 Å². The summed E-state index contributed by atoms with van der Waals surface area (Å²) in [4.78, 5) is 37.3. The third kappa shape index (κ3) is 4.99. The number of nitrogens with one attached hydrogen (secondary N) is 2. The Morgan fingerprint density at radius 1 is 1.21 bits per heavy atom. The Bertz CT molecular complexity index is 578. The predicted octanol–water partition coefficient (Wildman–Crippen LogP) is 0.106. The van der Waals surface area contributed by atoms with Crippen molar-refractivity contribution < 1.29 is 23.7 Å². The Hall–Kier alpha value is -2.55. The summed E-state index contributed by atoms with van der Waals surface area (Å²) in [6, 6.07) is 8.44. The molecule has 8 nitrogen and oxygen atoms in total. The average Bonchev–Trinajstić information content (AvgIpc) is 2.51. The van der Waals surface area contributed by atoms with E-state index >= 15 is 0 Å². The monoisotopic (exact) mass is 333 g/mol. The fourth-order valence-electron chi connectivity index (χ4n) is 2.31. The number of benzene rings is 1. The van der Waals surface area contributed by atoms with E-state index in [-0.39, 0.29) is 13.1 Å². The molecule has 1 fully saturated rings.